The maximum atomic E-state index is 13.4. The average molecular weight is 433 g/mol. The quantitative estimate of drug-likeness (QED) is 0.757. The van der Waals surface area contributed by atoms with Crippen LogP contribution < -0.4 is 19.7 Å². The van der Waals surface area contributed by atoms with E-state index in [1.165, 1.54) is 19.2 Å². The van der Waals surface area contributed by atoms with E-state index in [4.69, 9.17) is 4.74 Å². The molecule has 158 valence electrons. The monoisotopic (exact) mass is 433 g/mol. The molecule has 0 bridgehead atoms. The van der Waals surface area contributed by atoms with Crippen molar-refractivity contribution in [1.82, 2.24) is 10.6 Å². The molecule has 0 aliphatic carbocycles. The van der Waals surface area contributed by atoms with Crippen LogP contribution in [0.25, 0.3) is 0 Å². The van der Waals surface area contributed by atoms with Gasteiger partial charge in [0, 0.05) is 25.2 Å². The first-order valence-electron chi connectivity index (χ1n) is 9.24. The molecule has 2 aliphatic heterocycles. The number of nitrogens with one attached hydrogen (secondary N) is 2. The van der Waals surface area contributed by atoms with Crippen molar-refractivity contribution < 1.29 is 27.1 Å². The third-order valence-corrected chi connectivity index (χ3v) is 6.39. The maximum absolute atomic E-state index is 13.4. The van der Waals surface area contributed by atoms with Crippen LogP contribution in [-0.4, -0.2) is 40.1 Å². The summed E-state index contributed by atoms with van der Waals surface area (Å²) in [5.74, 6) is -1.49. The van der Waals surface area contributed by atoms with Crippen molar-refractivity contribution in [2.24, 2.45) is 0 Å². The first-order chi connectivity index (χ1) is 14.2. The zero-order chi connectivity index (χ0) is 21.6. The highest BCUT2D eigenvalue weighted by Crippen LogP contribution is 2.49. The number of fused-ring (bicyclic) bond motifs is 2. The molecule has 2 heterocycles. The van der Waals surface area contributed by atoms with Crippen LogP contribution in [0, 0.1) is 5.82 Å². The van der Waals surface area contributed by atoms with Crippen molar-refractivity contribution in [3.05, 3.63) is 58.9 Å². The first-order valence-corrected chi connectivity index (χ1v) is 11.1. The molecule has 0 saturated heterocycles. The molecular formula is C20H20FN3O5S. The molecule has 30 heavy (non-hydrogen) atoms. The van der Waals surface area contributed by atoms with Crippen LogP contribution in [0.5, 0.6) is 5.75 Å². The third-order valence-electron chi connectivity index (χ3n) is 5.26. The molecule has 0 fully saturated rings. The van der Waals surface area contributed by atoms with Crippen LogP contribution in [-0.2, 0) is 26.2 Å². The van der Waals surface area contributed by atoms with Gasteiger partial charge >= 0.3 is 0 Å². The van der Waals surface area contributed by atoms with Crippen LogP contribution in [0.1, 0.15) is 28.7 Å². The summed E-state index contributed by atoms with van der Waals surface area (Å²) in [5, 5.41) is 5.30. The fraction of sp³-hybridized carbons (Fsp3) is 0.300. The molecule has 4 rings (SSSR count). The van der Waals surface area contributed by atoms with Gasteiger partial charge in [0.25, 0.3) is 0 Å². The summed E-state index contributed by atoms with van der Waals surface area (Å²) in [6, 6.07) is 8.92. The summed E-state index contributed by atoms with van der Waals surface area (Å²) < 4.78 is 45.0. The highest BCUT2D eigenvalue weighted by molar-refractivity contribution is 7.92. The molecule has 2 unspecified atom stereocenters. The number of amides is 2. The second-order valence-electron chi connectivity index (χ2n) is 7.25. The summed E-state index contributed by atoms with van der Waals surface area (Å²) >= 11 is 0. The Morgan fingerprint density at radius 3 is 2.60 bits per heavy atom. The molecule has 2 aromatic carbocycles. The van der Waals surface area contributed by atoms with Gasteiger partial charge in [-0.2, -0.15) is 0 Å². The van der Waals surface area contributed by atoms with Crippen molar-refractivity contribution in [1.29, 1.82) is 0 Å². The number of nitrogens with zero attached hydrogens (tertiary/aromatic N) is 1. The number of halogens is 1. The topological polar surface area (TPSA) is 105 Å². The molecule has 0 radical (unpaired) electrons. The summed E-state index contributed by atoms with van der Waals surface area (Å²) in [7, 11) is -2.21. The molecule has 0 spiro atoms. The van der Waals surface area contributed by atoms with E-state index < -0.39 is 33.8 Å². The van der Waals surface area contributed by atoms with Gasteiger partial charge < -0.3 is 15.4 Å². The standard InChI is InChI=1S/C20H20FN3O5S/c1-22-20(26)18-14-7-12-9-23-17(25)10-24(30(2,27)28)15(12)8-16(14)29-19(18)11-3-5-13(21)6-4-11/h3-8,18-19H,9-10H2,1-2H3,(H,22,26)(H,23,25). The number of hydrogen-bond acceptors (Lipinski definition) is 5. The normalized spacial score (nSPS) is 20.5. The van der Waals surface area contributed by atoms with Crippen molar-refractivity contribution in [3.8, 4) is 5.75 Å². The Bertz CT molecular complexity index is 1130. The van der Waals surface area contributed by atoms with Crippen molar-refractivity contribution in [2.45, 2.75) is 18.6 Å². The zero-order valence-electron chi connectivity index (χ0n) is 16.3. The SMILES string of the molecule is CNC(=O)C1c2cc3c(cc2OC1c1ccc(F)cc1)N(S(C)(=O)=O)CC(=O)NC3. The number of hydrogen-bond donors (Lipinski definition) is 2. The highest BCUT2D eigenvalue weighted by atomic mass is 32.2. The summed E-state index contributed by atoms with van der Waals surface area (Å²) in [6.07, 6.45) is 0.325. The lowest BCUT2D eigenvalue weighted by Crippen LogP contribution is -2.37. The summed E-state index contributed by atoms with van der Waals surface area (Å²) in [5.41, 5.74) is 2.07. The molecule has 0 aromatic heterocycles. The number of carbonyl (C=O) groups excluding carboxylic acids is 2. The van der Waals surface area contributed by atoms with Crippen LogP contribution in [0.4, 0.5) is 10.1 Å². The Labute approximate surface area is 173 Å². The smallest absolute Gasteiger partial charge is 0.241 e. The lowest BCUT2D eigenvalue weighted by atomic mass is 9.89. The van der Waals surface area contributed by atoms with Crippen molar-refractivity contribution >= 4 is 27.5 Å². The Morgan fingerprint density at radius 1 is 1.27 bits per heavy atom. The minimum absolute atomic E-state index is 0.120. The minimum atomic E-state index is -3.72. The van der Waals surface area contributed by atoms with Crippen LogP contribution in [0.3, 0.4) is 0 Å². The van der Waals surface area contributed by atoms with E-state index in [0.717, 1.165) is 10.6 Å². The second kappa shape index (κ2) is 7.28. The van der Waals surface area contributed by atoms with Gasteiger partial charge in [0.2, 0.25) is 21.8 Å². The molecular weight excluding hydrogens is 413 g/mol. The Balaban J connectivity index is 1.85. The molecule has 2 aliphatic rings. The van der Waals surface area contributed by atoms with Crippen molar-refractivity contribution in [3.63, 3.8) is 0 Å². The lowest BCUT2D eigenvalue weighted by Gasteiger charge is -2.22. The van der Waals surface area contributed by atoms with E-state index in [9.17, 15) is 22.4 Å². The minimum Gasteiger partial charge on any atom is -0.484 e. The third kappa shape index (κ3) is 3.47. The summed E-state index contributed by atoms with van der Waals surface area (Å²) in [4.78, 5) is 24.7. The van der Waals surface area contributed by atoms with E-state index >= 15 is 0 Å². The van der Waals surface area contributed by atoms with Gasteiger partial charge in [-0.15, -0.1) is 0 Å². The number of sulfonamides is 1. The lowest BCUT2D eigenvalue weighted by molar-refractivity contribution is -0.123. The maximum Gasteiger partial charge on any atom is 0.241 e. The molecule has 10 heteroatoms. The number of likely N-dealkylation sites (N-methyl/N-ethyl adjacent to an activating group) is 1. The second-order valence-corrected chi connectivity index (χ2v) is 9.15. The number of benzene rings is 2. The Morgan fingerprint density at radius 2 is 1.97 bits per heavy atom. The van der Waals surface area contributed by atoms with Crippen LogP contribution >= 0.6 is 0 Å². The fourth-order valence-electron chi connectivity index (χ4n) is 3.83. The zero-order valence-corrected chi connectivity index (χ0v) is 17.1. The van der Waals surface area contributed by atoms with E-state index in [0.29, 0.717) is 28.1 Å². The molecule has 2 amide bonds. The van der Waals surface area contributed by atoms with Gasteiger partial charge in [-0.1, -0.05) is 12.1 Å². The first kappa shape index (κ1) is 20.1. The average Bonchev–Trinajstić information content (AvgIpc) is 2.98. The van der Waals surface area contributed by atoms with Gasteiger partial charge in [-0.05, 0) is 29.3 Å². The molecule has 8 nitrogen and oxygen atoms in total. The van der Waals surface area contributed by atoms with Gasteiger partial charge in [-0.3, -0.25) is 13.9 Å². The molecule has 2 atom stereocenters. The van der Waals surface area contributed by atoms with Crippen LogP contribution in [0.15, 0.2) is 36.4 Å². The number of anilines is 1. The van der Waals surface area contributed by atoms with Crippen molar-refractivity contribution in [2.75, 3.05) is 24.2 Å². The van der Waals surface area contributed by atoms with Crippen LogP contribution in [0.2, 0.25) is 0 Å². The predicted octanol–water partition coefficient (Wildman–Crippen LogP) is 1.18. The Kier molecular flexibility index (Phi) is 4.89. The van der Waals surface area contributed by atoms with E-state index in [1.54, 1.807) is 24.3 Å². The number of rotatable bonds is 3. The fourth-order valence-corrected chi connectivity index (χ4v) is 4.71. The van der Waals surface area contributed by atoms with Gasteiger partial charge in [0.1, 0.15) is 30.1 Å². The largest absolute Gasteiger partial charge is 0.484 e. The Hall–Kier alpha value is -3.14. The molecule has 2 N–H and O–H groups in total. The highest BCUT2D eigenvalue weighted by Gasteiger charge is 2.42. The number of ether oxygens (including phenoxy) is 1. The van der Waals surface area contributed by atoms with E-state index in [1.807, 2.05) is 0 Å². The van der Waals surface area contributed by atoms with E-state index in [-0.39, 0.29) is 19.0 Å². The molecule has 0 saturated carbocycles. The van der Waals surface area contributed by atoms with Gasteiger partial charge in [0.15, 0.2) is 0 Å². The van der Waals surface area contributed by atoms with E-state index in [2.05, 4.69) is 10.6 Å². The van der Waals surface area contributed by atoms with Gasteiger partial charge in [0.05, 0.1) is 11.9 Å². The summed E-state index contributed by atoms with van der Waals surface area (Å²) in [6.45, 7) is -0.222. The molecule has 2 aromatic rings. The number of carbonyl (C=O) groups is 2. The predicted molar refractivity (Wildman–Crippen MR) is 107 cm³/mol. The van der Waals surface area contributed by atoms with Gasteiger partial charge in [-0.25, -0.2) is 12.8 Å².